The molecule has 0 aliphatic carbocycles. The van der Waals surface area contributed by atoms with Crippen molar-refractivity contribution in [1.82, 2.24) is 4.98 Å². The molecule has 10 rings (SSSR count). The highest BCUT2D eigenvalue weighted by molar-refractivity contribution is 6.14. The maximum atomic E-state index is 6.80. The fourth-order valence-corrected chi connectivity index (χ4v) is 7.27. The second-order valence-corrected chi connectivity index (χ2v) is 12.8. The standard InChI is InChI=1S/C47H31N3O2/c1-4-16-33(17-5-1)47-48-40-30-38(49(35-19-6-2-7-20-35)37-28-27-32-15-10-11-18-34(32)29-37)31-42(46(40)52-47)50(36-21-8-3-9-22-36)41-24-14-26-44-45(41)39-23-12-13-25-43(39)51-44/h1-31H. The third kappa shape index (κ3) is 5.07. The molecule has 246 valence electrons. The molecule has 8 aromatic carbocycles. The maximum absolute atomic E-state index is 6.80. The summed E-state index contributed by atoms with van der Waals surface area (Å²) in [6.45, 7) is 0. The van der Waals surface area contributed by atoms with E-state index < -0.39 is 0 Å². The summed E-state index contributed by atoms with van der Waals surface area (Å²) >= 11 is 0. The summed E-state index contributed by atoms with van der Waals surface area (Å²) in [5, 5.41) is 4.43. The summed E-state index contributed by atoms with van der Waals surface area (Å²) in [7, 11) is 0. The first-order valence-electron chi connectivity index (χ1n) is 17.4. The van der Waals surface area contributed by atoms with E-state index in [1.165, 1.54) is 10.8 Å². The summed E-state index contributed by atoms with van der Waals surface area (Å²) in [5.74, 6) is 0.561. The van der Waals surface area contributed by atoms with Gasteiger partial charge in [-0.1, -0.05) is 109 Å². The summed E-state index contributed by atoms with van der Waals surface area (Å²) < 4.78 is 13.2. The highest BCUT2D eigenvalue weighted by Gasteiger charge is 2.26. The summed E-state index contributed by atoms with van der Waals surface area (Å²) in [4.78, 5) is 9.73. The van der Waals surface area contributed by atoms with Gasteiger partial charge in [0.2, 0.25) is 5.89 Å². The third-order valence-corrected chi connectivity index (χ3v) is 9.62. The SMILES string of the molecule is c1ccc(-c2nc3cc(N(c4ccccc4)c4ccc5ccccc5c4)cc(N(c4ccccc4)c4cccc5oc6ccccc6c45)c3o2)cc1. The van der Waals surface area contributed by atoms with Gasteiger partial charge in [0.1, 0.15) is 16.7 Å². The third-order valence-electron chi connectivity index (χ3n) is 9.62. The molecule has 5 nitrogen and oxygen atoms in total. The minimum absolute atomic E-state index is 0.561. The molecular weight excluding hydrogens is 639 g/mol. The Morgan fingerprint density at radius 2 is 1.06 bits per heavy atom. The molecule has 0 radical (unpaired) electrons. The molecule has 2 heterocycles. The minimum atomic E-state index is 0.561. The quantitative estimate of drug-likeness (QED) is 0.169. The molecule has 0 atom stereocenters. The normalized spacial score (nSPS) is 11.5. The molecule has 0 unspecified atom stereocenters. The summed E-state index contributed by atoms with van der Waals surface area (Å²) in [6.07, 6.45) is 0. The lowest BCUT2D eigenvalue weighted by molar-refractivity contribution is 0.620. The van der Waals surface area contributed by atoms with Crippen LogP contribution >= 0.6 is 0 Å². The van der Waals surface area contributed by atoms with Gasteiger partial charge >= 0.3 is 0 Å². The van der Waals surface area contributed by atoms with Crippen molar-refractivity contribution in [3.63, 3.8) is 0 Å². The van der Waals surface area contributed by atoms with Gasteiger partial charge in [0.25, 0.3) is 0 Å². The molecule has 0 aliphatic rings. The highest BCUT2D eigenvalue weighted by Crippen LogP contribution is 2.48. The zero-order chi connectivity index (χ0) is 34.4. The first-order chi connectivity index (χ1) is 25.8. The van der Waals surface area contributed by atoms with Crippen molar-refractivity contribution in [2.24, 2.45) is 0 Å². The van der Waals surface area contributed by atoms with Crippen LogP contribution in [0.5, 0.6) is 0 Å². The van der Waals surface area contributed by atoms with E-state index in [2.05, 4.69) is 137 Å². The van der Waals surface area contributed by atoms with Crippen LogP contribution in [-0.4, -0.2) is 4.98 Å². The molecule has 10 aromatic rings. The number of hydrogen-bond donors (Lipinski definition) is 0. The van der Waals surface area contributed by atoms with Crippen molar-refractivity contribution >= 4 is 77.9 Å². The topological polar surface area (TPSA) is 45.7 Å². The molecule has 0 saturated heterocycles. The molecule has 0 bridgehead atoms. The fraction of sp³-hybridized carbons (Fsp3) is 0. The summed E-state index contributed by atoms with van der Waals surface area (Å²) in [5.41, 5.74) is 9.83. The van der Waals surface area contributed by atoms with E-state index in [0.29, 0.717) is 11.5 Å². The number of para-hydroxylation sites is 3. The minimum Gasteiger partial charge on any atom is -0.456 e. The Morgan fingerprint density at radius 3 is 1.85 bits per heavy atom. The molecule has 0 amide bonds. The van der Waals surface area contributed by atoms with Crippen LogP contribution in [0.2, 0.25) is 0 Å². The first kappa shape index (κ1) is 29.8. The molecule has 0 spiro atoms. The summed E-state index contributed by atoms with van der Waals surface area (Å²) in [6, 6.07) is 64.9. The molecule has 0 saturated carbocycles. The van der Waals surface area contributed by atoms with Gasteiger partial charge in [0, 0.05) is 28.0 Å². The van der Waals surface area contributed by atoms with Crippen molar-refractivity contribution in [2.45, 2.75) is 0 Å². The fourth-order valence-electron chi connectivity index (χ4n) is 7.27. The Bertz CT molecular complexity index is 2860. The highest BCUT2D eigenvalue weighted by atomic mass is 16.3. The lowest BCUT2D eigenvalue weighted by Gasteiger charge is -2.29. The second kappa shape index (κ2) is 12.3. The van der Waals surface area contributed by atoms with Crippen LogP contribution in [0, 0.1) is 0 Å². The van der Waals surface area contributed by atoms with E-state index >= 15 is 0 Å². The van der Waals surface area contributed by atoms with Crippen molar-refractivity contribution in [2.75, 3.05) is 9.80 Å². The monoisotopic (exact) mass is 669 g/mol. The van der Waals surface area contributed by atoms with Crippen LogP contribution in [0.3, 0.4) is 0 Å². The Kier molecular flexibility index (Phi) is 7.07. The van der Waals surface area contributed by atoms with Crippen molar-refractivity contribution in [1.29, 1.82) is 0 Å². The van der Waals surface area contributed by atoms with Crippen LogP contribution in [0.25, 0.3) is 55.3 Å². The van der Waals surface area contributed by atoms with Gasteiger partial charge in [0.15, 0.2) is 5.58 Å². The van der Waals surface area contributed by atoms with Gasteiger partial charge in [-0.2, -0.15) is 0 Å². The van der Waals surface area contributed by atoms with Gasteiger partial charge in [-0.3, -0.25) is 0 Å². The van der Waals surface area contributed by atoms with E-state index in [1.807, 2.05) is 60.7 Å². The molecule has 0 aliphatic heterocycles. The van der Waals surface area contributed by atoms with E-state index in [4.69, 9.17) is 13.8 Å². The molecule has 5 heteroatoms. The number of nitrogens with zero attached hydrogens (tertiary/aromatic N) is 3. The number of fused-ring (bicyclic) bond motifs is 5. The van der Waals surface area contributed by atoms with E-state index in [0.717, 1.165) is 67.1 Å². The van der Waals surface area contributed by atoms with Crippen LogP contribution in [0.4, 0.5) is 34.1 Å². The maximum Gasteiger partial charge on any atom is 0.227 e. The van der Waals surface area contributed by atoms with E-state index in [1.54, 1.807) is 0 Å². The molecule has 2 aromatic heterocycles. The van der Waals surface area contributed by atoms with Crippen LogP contribution in [0.1, 0.15) is 0 Å². The number of rotatable bonds is 7. The first-order valence-corrected chi connectivity index (χ1v) is 17.4. The zero-order valence-corrected chi connectivity index (χ0v) is 28.1. The van der Waals surface area contributed by atoms with E-state index in [9.17, 15) is 0 Å². The van der Waals surface area contributed by atoms with Gasteiger partial charge in [0.05, 0.1) is 22.4 Å². The Hall–Kier alpha value is -7.11. The predicted molar refractivity (Wildman–Crippen MR) is 214 cm³/mol. The Labute approximate surface area is 300 Å². The number of oxazole rings is 1. The zero-order valence-electron chi connectivity index (χ0n) is 28.1. The molecule has 52 heavy (non-hydrogen) atoms. The molecule has 0 N–H and O–H groups in total. The van der Waals surface area contributed by atoms with Crippen molar-refractivity contribution in [3.05, 3.63) is 188 Å². The second-order valence-electron chi connectivity index (χ2n) is 12.8. The van der Waals surface area contributed by atoms with E-state index in [-0.39, 0.29) is 0 Å². The lowest BCUT2D eigenvalue weighted by Crippen LogP contribution is -2.14. The predicted octanol–water partition coefficient (Wildman–Crippen LogP) is 13.5. The van der Waals surface area contributed by atoms with Gasteiger partial charge < -0.3 is 18.6 Å². The number of furan rings is 1. The van der Waals surface area contributed by atoms with Crippen molar-refractivity contribution in [3.8, 4) is 11.5 Å². The van der Waals surface area contributed by atoms with Gasteiger partial charge in [-0.05, 0) is 89.6 Å². The van der Waals surface area contributed by atoms with Crippen molar-refractivity contribution < 1.29 is 8.83 Å². The number of aromatic nitrogens is 1. The smallest absolute Gasteiger partial charge is 0.227 e. The molecular formula is C47H31N3O2. The number of benzene rings is 8. The Morgan fingerprint density at radius 1 is 0.404 bits per heavy atom. The average Bonchev–Trinajstić information content (AvgIpc) is 3.82. The van der Waals surface area contributed by atoms with Crippen LogP contribution in [-0.2, 0) is 0 Å². The Balaban J connectivity index is 1.29. The van der Waals surface area contributed by atoms with Crippen LogP contribution < -0.4 is 9.80 Å². The molecule has 0 fully saturated rings. The lowest BCUT2D eigenvalue weighted by atomic mass is 10.1. The number of anilines is 6. The average molecular weight is 670 g/mol. The van der Waals surface area contributed by atoms with Crippen LogP contribution in [0.15, 0.2) is 197 Å². The van der Waals surface area contributed by atoms with Gasteiger partial charge in [-0.25, -0.2) is 4.98 Å². The largest absolute Gasteiger partial charge is 0.456 e. The van der Waals surface area contributed by atoms with Gasteiger partial charge in [-0.15, -0.1) is 0 Å². The number of hydrogen-bond acceptors (Lipinski definition) is 5.